The second kappa shape index (κ2) is 7.30. The molecule has 30 heavy (non-hydrogen) atoms. The van der Waals surface area contributed by atoms with Crippen LogP contribution in [0.3, 0.4) is 0 Å². The van der Waals surface area contributed by atoms with E-state index in [2.05, 4.69) is 91.9 Å². The summed E-state index contributed by atoms with van der Waals surface area (Å²) in [5.74, 6) is 0. The Morgan fingerprint density at radius 1 is 0.567 bits per heavy atom. The molecule has 0 nitrogen and oxygen atoms in total. The Bertz CT molecular complexity index is 1200. The number of benzene rings is 4. The van der Waals surface area contributed by atoms with E-state index in [9.17, 15) is 0 Å². The third kappa shape index (κ3) is 2.75. The summed E-state index contributed by atoms with van der Waals surface area (Å²) in [7, 11) is 0. The summed E-state index contributed by atoms with van der Waals surface area (Å²) in [6, 6.07) is 35.9. The van der Waals surface area contributed by atoms with E-state index < -0.39 is 0 Å². The second-order valence-electron chi connectivity index (χ2n) is 8.29. The van der Waals surface area contributed by atoms with Crippen molar-refractivity contribution in [3.8, 4) is 0 Å². The Hall–Kier alpha value is -2.54. The smallest absolute Gasteiger partial charge is 0.0481 e. The minimum atomic E-state index is -0.384. The van der Waals surface area contributed by atoms with E-state index in [-0.39, 0.29) is 10.8 Å². The molecule has 2 atom stereocenters. The standard InChI is InChI=1S/C28H22Cl2/c1-27(20-11-4-2-5-12-20)19-28(21-13-6-3-7-14-21,22-15-8-9-17-24(22)29)23-16-10-18-25(30)26(23)27/h2-18H,19H2,1H3. The molecule has 0 heterocycles. The molecular formula is C28H22Cl2. The molecule has 0 spiro atoms. The predicted octanol–water partition coefficient (Wildman–Crippen LogP) is 8.04. The van der Waals surface area contributed by atoms with Gasteiger partial charge in [-0.25, -0.2) is 0 Å². The zero-order valence-corrected chi connectivity index (χ0v) is 18.3. The molecule has 1 aliphatic rings. The van der Waals surface area contributed by atoms with Crippen molar-refractivity contribution in [2.24, 2.45) is 0 Å². The quantitative estimate of drug-likeness (QED) is 0.309. The summed E-state index contributed by atoms with van der Waals surface area (Å²) >= 11 is 13.8. The molecule has 0 saturated carbocycles. The van der Waals surface area contributed by atoms with E-state index in [0.717, 1.165) is 22.0 Å². The highest BCUT2D eigenvalue weighted by molar-refractivity contribution is 6.32. The Kier molecular flexibility index (Phi) is 4.73. The Morgan fingerprint density at radius 3 is 1.77 bits per heavy atom. The largest absolute Gasteiger partial charge is 0.0840 e. The average molecular weight is 429 g/mol. The van der Waals surface area contributed by atoms with Crippen molar-refractivity contribution >= 4 is 23.2 Å². The molecule has 0 N–H and O–H groups in total. The fourth-order valence-electron chi connectivity index (χ4n) is 5.39. The Morgan fingerprint density at radius 2 is 1.10 bits per heavy atom. The van der Waals surface area contributed by atoms with Crippen molar-refractivity contribution in [2.45, 2.75) is 24.2 Å². The van der Waals surface area contributed by atoms with Crippen LogP contribution in [0.25, 0.3) is 0 Å². The molecule has 4 aromatic rings. The first-order valence-electron chi connectivity index (χ1n) is 10.2. The number of fused-ring (bicyclic) bond motifs is 1. The van der Waals surface area contributed by atoms with Crippen LogP contribution in [0.2, 0.25) is 10.0 Å². The van der Waals surface area contributed by atoms with Gasteiger partial charge < -0.3 is 0 Å². The van der Waals surface area contributed by atoms with E-state index in [0.29, 0.717) is 0 Å². The molecule has 2 heteroatoms. The molecule has 5 rings (SSSR count). The molecule has 148 valence electrons. The van der Waals surface area contributed by atoms with Gasteiger partial charge in [-0.1, -0.05) is 121 Å². The number of halogens is 2. The van der Waals surface area contributed by atoms with E-state index >= 15 is 0 Å². The van der Waals surface area contributed by atoms with Crippen LogP contribution < -0.4 is 0 Å². The minimum Gasteiger partial charge on any atom is -0.0840 e. The average Bonchev–Trinajstić information content (AvgIpc) is 3.07. The highest BCUT2D eigenvalue weighted by Gasteiger charge is 2.53. The molecule has 0 aromatic heterocycles. The lowest BCUT2D eigenvalue weighted by molar-refractivity contribution is 0.473. The third-order valence-corrected chi connectivity index (χ3v) is 7.30. The van der Waals surface area contributed by atoms with Crippen LogP contribution in [-0.2, 0) is 10.8 Å². The molecule has 1 aliphatic carbocycles. The van der Waals surface area contributed by atoms with Gasteiger partial charge in [-0.15, -0.1) is 0 Å². The zero-order chi connectivity index (χ0) is 20.8. The maximum Gasteiger partial charge on any atom is 0.0481 e. The van der Waals surface area contributed by atoms with Crippen molar-refractivity contribution in [1.82, 2.24) is 0 Å². The van der Waals surface area contributed by atoms with Crippen LogP contribution in [0.1, 0.15) is 41.2 Å². The van der Waals surface area contributed by atoms with Crippen molar-refractivity contribution in [1.29, 1.82) is 0 Å². The molecule has 0 radical (unpaired) electrons. The fraction of sp³-hybridized carbons (Fsp3) is 0.143. The summed E-state index contributed by atoms with van der Waals surface area (Å²) in [5, 5.41) is 1.59. The van der Waals surface area contributed by atoms with Gasteiger partial charge in [0.2, 0.25) is 0 Å². The van der Waals surface area contributed by atoms with Gasteiger partial charge >= 0.3 is 0 Å². The third-order valence-electron chi connectivity index (χ3n) is 6.66. The van der Waals surface area contributed by atoms with Crippen LogP contribution in [0, 0.1) is 0 Å². The molecule has 0 saturated heterocycles. The summed E-state index contributed by atoms with van der Waals surface area (Å²) in [4.78, 5) is 0. The summed E-state index contributed by atoms with van der Waals surface area (Å²) in [6.45, 7) is 2.31. The van der Waals surface area contributed by atoms with Gasteiger partial charge in [-0.05, 0) is 46.4 Å². The van der Waals surface area contributed by atoms with Crippen molar-refractivity contribution in [3.63, 3.8) is 0 Å². The summed E-state index contributed by atoms with van der Waals surface area (Å²) in [5.41, 5.74) is 5.43. The number of hydrogen-bond acceptors (Lipinski definition) is 0. The van der Waals surface area contributed by atoms with Crippen LogP contribution in [0.5, 0.6) is 0 Å². The van der Waals surface area contributed by atoms with Gasteiger partial charge in [-0.3, -0.25) is 0 Å². The van der Waals surface area contributed by atoms with E-state index in [1.807, 2.05) is 18.2 Å². The normalized spacial score (nSPS) is 22.6. The summed E-state index contributed by atoms with van der Waals surface area (Å²) in [6.07, 6.45) is 0.858. The topological polar surface area (TPSA) is 0 Å². The molecule has 4 aromatic carbocycles. The van der Waals surface area contributed by atoms with Crippen LogP contribution in [0.4, 0.5) is 0 Å². The SMILES string of the molecule is CC1(c2ccccc2)CC(c2ccccc2)(c2ccccc2Cl)c2cccc(Cl)c21. The van der Waals surface area contributed by atoms with Gasteiger partial charge in [0.05, 0.1) is 0 Å². The fourth-order valence-corrected chi connectivity index (χ4v) is 6.07. The van der Waals surface area contributed by atoms with E-state index in [1.165, 1.54) is 22.3 Å². The number of rotatable bonds is 3. The lowest BCUT2D eigenvalue weighted by Crippen LogP contribution is -2.30. The van der Waals surface area contributed by atoms with Gasteiger partial charge in [0.1, 0.15) is 0 Å². The highest BCUT2D eigenvalue weighted by Crippen LogP contribution is 2.60. The first-order chi connectivity index (χ1) is 14.6. The van der Waals surface area contributed by atoms with Crippen molar-refractivity contribution in [2.75, 3.05) is 0 Å². The molecule has 0 fully saturated rings. The lowest BCUT2D eigenvalue weighted by Gasteiger charge is -2.35. The molecule has 2 unspecified atom stereocenters. The first kappa shape index (κ1) is 19.4. The lowest BCUT2D eigenvalue weighted by atomic mass is 9.67. The molecule has 0 aliphatic heterocycles. The Labute approximate surface area is 188 Å². The van der Waals surface area contributed by atoms with E-state index in [1.54, 1.807) is 0 Å². The monoisotopic (exact) mass is 428 g/mol. The van der Waals surface area contributed by atoms with Gasteiger partial charge in [0, 0.05) is 20.9 Å². The van der Waals surface area contributed by atoms with Crippen LogP contribution in [-0.4, -0.2) is 0 Å². The molecule has 0 bridgehead atoms. The van der Waals surface area contributed by atoms with Gasteiger partial charge in [0.15, 0.2) is 0 Å². The Balaban J connectivity index is 1.91. The minimum absolute atomic E-state index is 0.246. The summed E-state index contributed by atoms with van der Waals surface area (Å²) < 4.78 is 0. The molecular weight excluding hydrogens is 407 g/mol. The maximum atomic E-state index is 6.91. The number of hydrogen-bond donors (Lipinski definition) is 0. The van der Waals surface area contributed by atoms with Crippen molar-refractivity contribution < 1.29 is 0 Å². The maximum absolute atomic E-state index is 6.91. The first-order valence-corrected chi connectivity index (χ1v) is 11.0. The predicted molar refractivity (Wildman–Crippen MR) is 127 cm³/mol. The van der Waals surface area contributed by atoms with E-state index in [4.69, 9.17) is 23.2 Å². The highest BCUT2D eigenvalue weighted by atomic mass is 35.5. The van der Waals surface area contributed by atoms with Crippen molar-refractivity contribution in [3.05, 3.63) is 141 Å². The molecule has 0 amide bonds. The van der Waals surface area contributed by atoms with Crippen LogP contribution in [0.15, 0.2) is 103 Å². The van der Waals surface area contributed by atoms with Gasteiger partial charge in [0.25, 0.3) is 0 Å². The van der Waals surface area contributed by atoms with Gasteiger partial charge in [-0.2, -0.15) is 0 Å². The second-order valence-corrected chi connectivity index (χ2v) is 9.10. The zero-order valence-electron chi connectivity index (χ0n) is 16.8. The van der Waals surface area contributed by atoms with Crippen LogP contribution >= 0.6 is 23.2 Å².